The smallest absolute Gasteiger partial charge is 0.241 e. The third-order valence-electron chi connectivity index (χ3n) is 3.26. The van der Waals surface area contributed by atoms with Gasteiger partial charge in [-0.25, -0.2) is 13.4 Å². The van der Waals surface area contributed by atoms with E-state index >= 15 is 0 Å². The van der Waals surface area contributed by atoms with Crippen molar-refractivity contribution in [1.29, 1.82) is 0 Å². The van der Waals surface area contributed by atoms with Crippen LogP contribution in [0.1, 0.15) is 12.8 Å². The molecule has 10 heteroatoms. The summed E-state index contributed by atoms with van der Waals surface area (Å²) in [5.41, 5.74) is 5.68. The number of aromatic nitrogens is 5. The van der Waals surface area contributed by atoms with Gasteiger partial charge >= 0.3 is 0 Å². The fourth-order valence-electron chi connectivity index (χ4n) is 2.16. The molecular weight excluding hydrogens is 294 g/mol. The zero-order valence-electron chi connectivity index (χ0n) is 11.2. The number of nitrogen functional groups attached to an aromatic ring is 1. The van der Waals surface area contributed by atoms with Gasteiger partial charge in [0, 0.05) is 18.4 Å². The maximum atomic E-state index is 11.4. The quantitative estimate of drug-likeness (QED) is 0.785. The van der Waals surface area contributed by atoms with Crippen LogP contribution in [0.15, 0.2) is 18.7 Å². The summed E-state index contributed by atoms with van der Waals surface area (Å²) in [6.07, 6.45) is 5.94. The molecule has 0 amide bonds. The van der Waals surface area contributed by atoms with Gasteiger partial charge in [0.15, 0.2) is 0 Å². The summed E-state index contributed by atoms with van der Waals surface area (Å²) in [4.78, 5) is 16.3. The Balaban J connectivity index is 1.77. The van der Waals surface area contributed by atoms with Crippen molar-refractivity contribution in [2.45, 2.75) is 18.9 Å². The van der Waals surface area contributed by atoms with Crippen LogP contribution in [-0.4, -0.2) is 50.5 Å². The van der Waals surface area contributed by atoms with Crippen LogP contribution in [0.3, 0.4) is 0 Å². The summed E-state index contributed by atoms with van der Waals surface area (Å²) in [5, 5.41) is 3.12. The molecule has 0 unspecified atom stereocenters. The third kappa shape index (κ3) is 3.27. The molecule has 2 aromatic rings. The van der Waals surface area contributed by atoms with E-state index < -0.39 is 9.84 Å². The summed E-state index contributed by atoms with van der Waals surface area (Å²) in [5.74, 6) is 1.17. The van der Waals surface area contributed by atoms with Crippen molar-refractivity contribution < 1.29 is 8.42 Å². The molecule has 1 fully saturated rings. The lowest BCUT2D eigenvalue weighted by atomic mass is 10.2. The summed E-state index contributed by atoms with van der Waals surface area (Å²) < 4.78 is 24.4. The van der Waals surface area contributed by atoms with E-state index in [0.29, 0.717) is 24.7 Å². The van der Waals surface area contributed by atoms with Crippen molar-refractivity contribution in [3.05, 3.63) is 18.7 Å². The van der Waals surface area contributed by atoms with Crippen LogP contribution in [0.5, 0.6) is 0 Å². The fraction of sp³-hybridized carbons (Fsp3) is 0.455. The second-order valence-electron chi connectivity index (χ2n) is 4.86. The van der Waals surface area contributed by atoms with Crippen molar-refractivity contribution in [2.24, 2.45) is 0 Å². The number of nitrogens with two attached hydrogens (primary N) is 1. The Morgan fingerprint density at radius 3 is 2.67 bits per heavy atom. The first-order chi connectivity index (χ1) is 10.0. The van der Waals surface area contributed by atoms with Gasteiger partial charge in [-0.2, -0.15) is 15.0 Å². The molecule has 0 saturated carbocycles. The molecule has 2 aromatic heterocycles. The number of anilines is 2. The topological polar surface area (TPSA) is 129 Å². The van der Waals surface area contributed by atoms with E-state index in [4.69, 9.17) is 5.73 Å². The lowest BCUT2D eigenvalue weighted by Crippen LogP contribution is -2.32. The van der Waals surface area contributed by atoms with E-state index in [1.807, 2.05) is 0 Å². The predicted octanol–water partition coefficient (Wildman–Crippen LogP) is -0.371. The Morgan fingerprint density at radius 2 is 2.00 bits per heavy atom. The fourth-order valence-corrected chi connectivity index (χ4v) is 3.65. The first-order valence-corrected chi connectivity index (χ1v) is 8.31. The highest BCUT2D eigenvalue weighted by molar-refractivity contribution is 7.91. The molecule has 0 atom stereocenters. The number of imidazole rings is 1. The van der Waals surface area contributed by atoms with E-state index in [9.17, 15) is 8.42 Å². The van der Waals surface area contributed by atoms with Crippen molar-refractivity contribution in [1.82, 2.24) is 24.5 Å². The number of nitrogens with zero attached hydrogens (tertiary/aromatic N) is 5. The summed E-state index contributed by atoms with van der Waals surface area (Å²) in [6, 6.07) is 0.0194. The van der Waals surface area contributed by atoms with Gasteiger partial charge in [0.1, 0.15) is 16.2 Å². The van der Waals surface area contributed by atoms with Gasteiger partial charge in [0.2, 0.25) is 17.8 Å². The second-order valence-corrected chi connectivity index (χ2v) is 7.16. The first-order valence-electron chi connectivity index (χ1n) is 6.49. The van der Waals surface area contributed by atoms with E-state index in [0.717, 1.165) is 0 Å². The van der Waals surface area contributed by atoms with Crippen LogP contribution < -0.4 is 11.1 Å². The van der Waals surface area contributed by atoms with Gasteiger partial charge in [0.25, 0.3) is 0 Å². The lowest BCUT2D eigenvalue weighted by Gasteiger charge is -2.23. The third-order valence-corrected chi connectivity index (χ3v) is 4.98. The monoisotopic (exact) mass is 309 g/mol. The minimum Gasteiger partial charge on any atom is -0.368 e. The molecular formula is C11H15N7O2S. The average molecular weight is 309 g/mol. The van der Waals surface area contributed by atoms with Gasteiger partial charge in [-0.1, -0.05) is 0 Å². The molecule has 1 saturated heterocycles. The Hall–Kier alpha value is -2.23. The standard InChI is InChI=1S/C11H15N7O2S/c12-9-15-10(14-8-1-5-21(19,20)6-2-8)17-11(16-9)18-4-3-13-7-18/h3-4,7-8H,1-2,5-6H2,(H3,12,14,15,16,17). The zero-order chi connectivity index (χ0) is 14.9. The van der Waals surface area contributed by atoms with Crippen LogP contribution in [-0.2, 0) is 9.84 Å². The molecule has 0 aliphatic carbocycles. The molecule has 3 heterocycles. The molecule has 3 rings (SSSR count). The van der Waals surface area contributed by atoms with E-state index in [2.05, 4.69) is 25.3 Å². The number of rotatable bonds is 3. The zero-order valence-corrected chi connectivity index (χ0v) is 12.0. The van der Waals surface area contributed by atoms with Crippen LogP contribution in [0.25, 0.3) is 5.95 Å². The van der Waals surface area contributed by atoms with Crippen LogP contribution in [0, 0.1) is 0 Å². The minimum absolute atomic E-state index is 0.0194. The van der Waals surface area contributed by atoms with Gasteiger partial charge in [-0.05, 0) is 12.8 Å². The van der Waals surface area contributed by atoms with E-state index in [1.54, 1.807) is 23.3 Å². The van der Waals surface area contributed by atoms with Gasteiger partial charge in [-0.15, -0.1) is 0 Å². The molecule has 21 heavy (non-hydrogen) atoms. The Morgan fingerprint density at radius 1 is 1.24 bits per heavy atom. The summed E-state index contributed by atoms with van der Waals surface area (Å²) >= 11 is 0. The van der Waals surface area contributed by atoms with Crippen molar-refractivity contribution in [2.75, 3.05) is 22.6 Å². The van der Waals surface area contributed by atoms with Gasteiger partial charge < -0.3 is 11.1 Å². The molecule has 1 aliphatic rings. The van der Waals surface area contributed by atoms with Crippen LogP contribution in [0.2, 0.25) is 0 Å². The number of sulfone groups is 1. The SMILES string of the molecule is Nc1nc(NC2CCS(=O)(=O)CC2)nc(-n2ccnc2)n1. The Kier molecular flexibility index (Phi) is 3.45. The lowest BCUT2D eigenvalue weighted by molar-refractivity contribution is 0.558. The molecule has 0 spiro atoms. The Bertz CT molecular complexity index is 715. The predicted molar refractivity (Wildman–Crippen MR) is 76.7 cm³/mol. The van der Waals surface area contributed by atoms with Crippen LogP contribution in [0.4, 0.5) is 11.9 Å². The summed E-state index contributed by atoms with van der Waals surface area (Å²) in [6.45, 7) is 0. The minimum atomic E-state index is -2.89. The average Bonchev–Trinajstić information content (AvgIpc) is 2.95. The van der Waals surface area contributed by atoms with E-state index in [-0.39, 0.29) is 23.5 Å². The van der Waals surface area contributed by atoms with Gasteiger partial charge in [0.05, 0.1) is 11.5 Å². The molecule has 3 N–H and O–H groups in total. The highest BCUT2D eigenvalue weighted by atomic mass is 32.2. The van der Waals surface area contributed by atoms with Crippen molar-refractivity contribution in [3.8, 4) is 5.95 Å². The molecule has 1 aliphatic heterocycles. The van der Waals surface area contributed by atoms with Gasteiger partial charge in [-0.3, -0.25) is 4.57 Å². The molecule has 0 radical (unpaired) electrons. The summed E-state index contributed by atoms with van der Waals surface area (Å²) in [7, 11) is -2.89. The Labute approximate surface area is 121 Å². The molecule has 9 nitrogen and oxygen atoms in total. The number of hydrogen-bond donors (Lipinski definition) is 2. The highest BCUT2D eigenvalue weighted by Crippen LogP contribution is 2.16. The molecule has 112 valence electrons. The van der Waals surface area contributed by atoms with Crippen molar-refractivity contribution >= 4 is 21.7 Å². The number of nitrogens with one attached hydrogen (secondary N) is 1. The largest absolute Gasteiger partial charge is 0.368 e. The van der Waals surface area contributed by atoms with E-state index in [1.165, 1.54) is 0 Å². The number of hydrogen-bond acceptors (Lipinski definition) is 8. The highest BCUT2D eigenvalue weighted by Gasteiger charge is 2.24. The first kappa shape index (κ1) is 13.7. The maximum absolute atomic E-state index is 11.4. The second kappa shape index (κ2) is 5.28. The molecule has 0 bridgehead atoms. The van der Waals surface area contributed by atoms with Crippen LogP contribution >= 0.6 is 0 Å². The maximum Gasteiger partial charge on any atom is 0.241 e. The molecule has 0 aromatic carbocycles. The normalized spacial score (nSPS) is 18.5. The van der Waals surface area contributed by atoms with Crippen molar-refractivity contribution in [3.63, 3.8) is 0 Å².